The van der Waals surface area contributed by atoms with Crippen molar-refractivity contribution in [2.24, 2.45) is 11.5 Å². The van der Waals surface area contributed by atoms with E-state index in [0.717, 1.165) is 5.56 Å². The summed E-state index contributed by atoms with van der Waals surface area (Å²) < 4.78 is 12.8. The van der Waals surface area contributed by atoms with Crippen LogP contribution in [0.5, 0.6) is 0 Å². The van der Waals surface area contributed by atoms with Crippen LogP contribution >= 0.6 is 0 Å². The van der Waals surface area contributed by atoms with Gasteiger partial charge in [-0.3, -0.25) is 9.69 Å². The first-order valence-corrected chi connectivity index (χ1v) is 5.41. The standard InChI is InChI=1S/C12H18FN3O/c1-8(14)12(16(2)7-11(15)17)9-3-5-10(13)6-4-9/h3-6,8,12H,7,14H2,1-2H3,(H2,15,17). The van der Waals surface area contributed by atoms with Gasteiger partial charge in [0.25, 0.3) is 0 Å². The average Bonchev–Trinajstić information content (AvgIpc) is 2.19. The Bertz CT molecular complexity index is 378. The molecule has 0 bridgehead atoms. The summed E-state index contributed by atoms with van der Waals surface area (Å²) in [7, 11) is 1.77. The number of likely N-dealkylation sites (N-methyl/N-ethyl adjacent to an activating group) is 1. The molecule has 0 aliphatic carbocycles. The highest BCUT2D eigenvalue weighted by Crippen LogP contribution is 2.22. The Morgan fingerprint density at radius 2 is 1.94 bits per heavy atom. The van der Waals surface area contributed by atoms with Crippen molar-refractivity contribution in [2.75, 3.05) is 13.6 Å². The zero-order valence-corrected chi connectivity index (χ0v) is 10.1. The quantitative estimate of drug-likeness (QED) is 0.791. The second-order valence-electron chi connectivity index (χ2n) is 4.24. The van der Waals surface area contributed by atoms with E-state index >= 15 is 0 Å². The topological polar surface area (TPSA) is 72.3 Å². The number of carbonyl (C=O) groups excluding carboxylic acids is 1. The number of hydrogen-bond donors (Lipinski definition) is 2. The molecule has 1 aromatic carbocycles. The maximum atomic E-state index is 12.8. The number of nitrogens with zero attached hydrogens (tertiary/aromatic N) is 1. The van der Waals surface area contributed by atoms with Crippen LogP contribution in [0.4, 0.5) is 4.39 Å². The van der Waals surface area contributed by atoms with Crippen LogP contribution in [0, 0.1) is 5.82 Å². The molecule has 17 heavy (non-hydrogen) atoms. The molecule has 2 unspecified atom stereocenters. The molecule has 0 aromatic heterocycles. The fourth-order valence-electron chi connectivity index (χ4n) is 1.96. The molecule has 5 heteroatoms. The van der Waals surface area contributed by atoms with Gasteiger partial charge in [-0.05, 0) is 31.7 Å². The normalized spacial score (nSPS) is 14.6. The van der Waals surface area contributed by atoms with E-state index in [1.165, 1.54) is 12.1 Å². The summed E-state index contributed by atoms with van der Waals surface area (Å²) in [6.07, 6.45) is 0. The summed E-state index contributed by atoms with van der Waals surface area (Å²) in [5.74, 6) is -0.713. The SMILES string of the molecule is CC(N)C(c1ccc(F)cc1)N(C)CC(N)=O. The van der Waals surface area contributed by atoms with Gasteiger partial charge in [0, 0.05) is 12.1 Å². The van der Waals surface area contributed by atoms with Crippen molar-refractivity contribution in [3.8, 4) is 0 Å². The van der Waals surface area contributed by atoms with Gasteiger partial charge in [-0.25, -0.2) is 4.39 Å². The van der Waals surface area contributed by atoms with Crippen molar-refractivity contribution < 1.29 is 9.18 Å². The number of amides is 1. The lowest BCUT2D eigenvalue weighted by molar-refractivity contribution is -0.119. The number of carbonyl (C=O) groups is 1. The van der Waals surface area contributed by atoms with Gasteiger partial charge < -0.3 is 11.5 Å². The van der Waals surface area contributed by atoms with Gasteiger partial charge >= 0.3 is 0 Å². The summed E-state index contributed by atoms with van der Waals surface area (Å²) >= 11 is 0. The Balaban J connectivity index is 2.92. The van der Waals surface area contributed by atoms with Gasteiger partial charge in [-0.1, -0.05) is 12.1 Å². The lowest BCUT2D eigenvalue weighted by Gasteiger charge is -2.30. The molecule has 0 aliphatic heterocycles. The Morgan fingerprint density at radius 3 is 2.35 bits per heavy atom. The van der Waals surface area contributed by atoms with Crippen molar-refractivity contribution in [1.29, 1.82) is 0 Å². The third-order valence-electron chi connectivity index (χ3n) is 2.59. The number of rotatable bonds is 5. The fraction of sp³-hybridized carbons (Fsp3) is 0.417. The highest BCUT2D eigenvalue weighted by molar-refractivity contribution is 5.75. The molecule has 94 valence electrons. The molecule has 0 fully saturated rings. The van der Waals surface area contributed by atoms with Gasteiger partial charge in [0.05, 0.1) is 6.54 Å². The second kappa shape index (κ2) is 5.75. The van der Waals surface area contributed by atoms with Gasteiger partial charge in [0.1, 0.15) is 5.82 Å². The molecule has 0 aliphatic rings. The second-order valence-corrected chi connectivity index (χ2v) is 4.24. The molecule has 1 rings (SSSR count). The average molecular weight is 239 g/mol. The van der Waals surface area contributed by atoms with Gasteiger partial charge in [0.15, 0.2) is 0 Å². The number of hydrogen-bond acceptors (Lipinski definition) is 3. The molecule has 0 radical (unpaired) electrons. The summed E-state index contributed by atoms with van der Waals surface area (Å²) in [4.78, 5) is 12.7. The highest BCUT2D eigenvalue weighted by atomic mass is 19.1. The molecule has 0 saturated heterocycles. The summed E-state index contributed by atoms with van der Waals surface area (Å²) in [5.41, 5.74) is 11.9. The molecule has 0 saturated carbocycles. The lowest BCUT2D eigenvalue weighted by atomic mass is 9.99. The molecular formula is C12H18FN3O. The van der Waals surface area contributed by atoms with Crippen LogP contribution in [0.15, 0.2) is 24.3 Å². The molecule has 0 heterocycles. The van der Waals surface area contributed by atoms with Crippen LogP contribution in [0.1, 0.15) is 18.5 Å². The molecule has 4 nitrogen and oxygen atoms in total. The van der Waals surface area contributed by atoms with Crippen molar-refractivity contribution in [2.45, 2.75) is 19.0 Å². The minimum absolute atomic E-state index is 0.115. The van der Waals surface area contributed by atoms with Crippen LogP contribution in [-0.4, -0.2) is 30.4 Å². The molecule has 1 aromatic rings. The van der Waals surface area contributed by atoms with Crippen LogP contribution in [0.25, 0.3) is 0 Å². The number of benzene rings is 1. The summed E-state index contributed by atoms with van der Waals surface area (Å²) in [6, 6.07) is 5.74. The third-order valence-corrected chi connectivity index (χ3v) is 2.59. The maximum absolute atomic E-state index is 12.8. The predicted molar refractivity (Wildman–Crippen MR) is 64.6 cm³/mol. The number of primary amides is 1. The third kappa shape index (κ3) is 3.80. The zero-order chi connectivity index (χ0) is 13.0. The van der Waals surface area contributed by atoms with E-state index in [1.807, 2.05) is 6.92 Å². The van der Waals surface area contributed by atoms with Crippen LogP contribution in [-0.2, 0) is 4.79 Å². The minimum atomic E-state index is -0.416. The van der Waals surface area contributed by atoms with E-state index in [2.05, 4.69) is 0 Å². The fourth-order valence-corrected chi connectivity index (χ4v) is 1.96. The maximum Gasteiger partial charge on any atom is 0.231 e. The van der Waals surface area contributed by atoms with E-state index in [-0.39, 0.29) is 24.4 Å². The summed E-state index contributed by atoms with van der Waals surface area (Å²) in [6.45, 7) is 1.95. The number of halogens is 1. The van der Waals surface area contributed by atoms with E-state index in [1.54, 1.807) is 24.1 Å². The van der Waals surface area contributed by atoms with E-state index in [9.17, 15) is 9.18 Å². The van der Waals surface area contributed by atoms with Crippen molar-refractivity contribution in [3.05, 3.63) is 35.6 Å². The molecule has 2 atom stereocenters. The van der Waals surface area contributed by atoms with Crippen LogP contribution in [0.2, 0.25) is 0 Å². The first-order chi connectivity index (χ1) is 7.91. The van der Waals surface area contributed by atoms with E-state index < -0.39 is 5.91 Å². The Kier molecular flexibility index (Phi) is 4.60. The highest BCUT2D eigenvalue weighted by Gasteiger charge is 2.22. The van der Waals surface area contributed by atoms with Gasteiger partial charge in [-0.15, -0.1) is 0 Å². The van der Waals surface area contributed by atoms with Crippen LogP contribution < -0.4 is 11.5 Å². The van der Waals surface area contributed by atoms with Crippen molar-refractivity contribution >= 4 is 5.91 Å². The predicted octanol–water partition coefficient (Wildman–Crippen LogP) is 0.631. The first kappa shape index (κ1) is 13.6. The largest absolute Gasteiger partial charge is 0.369 e. The molecule has 4 N–H and O–H groups in total. The minimum Gasteiger partial charge on any atom is -0.369 e. The van der Waals surface area contributed by atoms with E-state index in [0.29, 0.717) is 0 Å². The van der Waals surface area contributed by atoms with E-state index in [4.69, 9.17) is 11.5 Å². The Hall–Kier alpha value is -1.46. The zero-order valence-electron chi connectivity index (χ0n) is 10.1. The lowest BCUT2D eigenvalue weighted by Crippen LogP contribution is -2.41. The Labute approximate surface area is 100 Å². The van der Waals surface area contributed by atoms with Gasteiger partial charge in [-0.2, -0.15) is 0 Å². The molecular weight excluding hydrogens is 221 g/mol. The first-order valence-electron chi connectivity index (χ1n) is 5.41. The molecule has 0 spiro atoms. The smallest absolute Gasteiger partial charge is 0.231 e. The van der Waals surface area contributed by atoms with Gasteiger partial charge in [0.2, 0.25) is 5.91 Å². The number of nitrogens with two attached hydrogens (primary N) is 2. The monoisotopic (exact) mass is 239 g/mol. The summed E-state index contributed by atoms with van der Waals surface area (Å²) in [5, 5.41) is 0. The van der Waals surface area contributed by atoms with Crippen LogP contribution in [0.3, 0.4) is 0 Å². The molecule has 1 amide bonds. The van der Waals surface area contributed by atoms with Crippen molar-refractivity contribution in [3.63, 3.8) is 0 Å². The Morgan fingerprint density at radius 1 is 1.41 bits per heavy atom. The van der Waals surface area contributed by atoms with Crippen molar-refractivity contribution in [1.82, 2.24) is 4.90 Å².